The Hall–Kier alpha value is -2.79. The molecule has 16 heteroatoms. The second-order valence-electron chi connectivity index (χ2n) is 16.2. The number of fused-ring (bicyclic) bond motifs is 5. The van der Waals surface area contributed by atoms with Crippen LogP contribution in [0.3, 0.4) is 0 Å². The number of carbonyl (C=O) groups excluding carboxylic acids is 6. The van der Waals surface area contributed by atoms with Crippen molar-refractivity contribution in [2.24, 2.45) is 16.7 Å². The van der Waals surface area contributed by atoms with Gasteiger partial charge in [-0.25, -0.2) is 4.79 Å². The molecule has 1 aliphatic heterocycles. The van der Waals surface area contributed by atoms with Crippen LogP contribution in [0.1, 0.15) is 75.2 Å². The number of thiol groups is 1. The number of hydrogen-bond acceptors (Lipinski definition) is 14. The lowest BCUT2D eigenvalue weighted by molar-refractivity contribution is -0.332. The second-order valence-corrected chi connectivity index (χ2v) is 21.2. The highest BCUT2D eigenvalue weighted by Crippen LogP contribution is 2.65. The minimum Gasteiger partial charge on any atom is -0.459 e. The van der Waals surface area contributed by atoms with Gasteiger partial charge in [0.2, 0.25) is 5.91 Å². The predicted molar refractivity (Wildman–Crippen MR) is 187 cm³/mol. The predicted octanol–water partition coefficient (Wildman–Crippen LogP) is 2.59. The summed E-state index contributed by atoms with van der Waals surface area (Å²) in [5.74, 6) is -5.38. The lowest BCUT2D eigenvalue weighted by atomic mass is 9.45. The van der Waals surface area contributed by atoms with Gasteiger partial charge in [0.25, 0.3) is 0 Å². The van der Waals surface area contributed by atoms with E-state index in [0.717, 1.165) is 13.8 Å². The summed E-state index contributed by atoms with van der Waals surface area (Å²) in [6, 6.07) is -0.804. The molecule has 4 rings (SSSR count). The first kappa shape index (κ1) is 41.0. The monoisotopic (exact) mass is 755 g/mol. The Morgan fingerprint density at radius 1 is 0.980 bits per heavy atom. The molecule has 1 amide bonds. The summed E-state index contributed by atoms with van der Waals surface area (Å²) < 4.78 is 36.2. The number of nitrogens with one attached hydrogen (secondary N) is 1. The Bertz CT molecular complexity index is 1520. The largest absolute Gasteiger partial charge is 0.459 e. The minimum atomic E-state index is -2.42. The van der Waals surface area contributed by atoms with Gasteiger partial charge in [-0.3, -0.25) is 24.0 Å². The lowest BCUT2D eigenvalue weighted by Crippen LogP contribution is -2.81. The zero-order valence-corrected chi connectivity index (χ0v) is 33.4. The maximum atomic E-state index is 15.2. The van der Waals surface area contributed by atoms with Crippen LogP contribution >= 0.6 is 12.6 Å². The van der Waals surface area contributed by atoms with E-state index in [1.807, 2.05) is 19.6 Å². The van der Waals surface area contributed by atoms with Crippen molar-refractivity contribution < 1.29 is 62.0 Å². The van der Waals surface area contributed by atoms with Crippen LogP contribution in [0.4, 0.5) is 0 Å². The lowest BCUT2D eigenvalue weighted by Gasteiger charge is -2.67. The van der Waals surface area contributed by atoms with Gasteiger partial charge in [0.1, 0.15) is 23.9 Å². The number of ether oxygens (including phenoxy) is 5. The maximum Gasteiger partial charge on any atom is 0.336 e. The molecule has 11 atom stereocenters. The molecule has 286 valence electrons. The number of esters is 4. The van der Waals surface area contributed by atoms with Gasteiger partial charge >= 0.3 is 23.9 Å². The number of aliphatic hydroxyl groups is 1. The fraction of sp³-hybridized carbons (Fsp3) is 0.771. The van der Waals surface area contributed by atoms with Gasteiger partial charge < -0.3 is 38.5 Å². The van der Waals surface area contributed by atoms with Gasteiger partial charge in [-0.2, -0.15) is 12.6 Å². The molecule has 2 N–H and O–H groups in total. The molecule has 3 fully saturated rings. The van der Waals surface area contributed by atoms with Crippen LogP contribution in [0, 0.1) is 16.7 Å². The molecule has 3 aliphatic carbocycles. The van der Waals surface area contributed by atoms with Crippen molar-refractivity contribution >= 4 is 56.5 Å². The molecular weight excluding hydrogens is 703 g/mol. The molecule has 51 heavy (non-hydrogen) atoms. The molecule has 0 aromatic heterocycles. The van der Waals surface area contributed by atoms with E-state index in [1.165, 1.54) is 13.8 Å². The van der Waals surface area contributed by atoms with Gasteiger partial charge in [0.15, 0.2) is 31.9 Å². The highest BCUT2D eigenvalue weighted by molar-refractivity contribution is 7.81. The number of ketones is 1. The third-order valence-electron chi connectivity index (χ3n) is 11.1. The van der Waals surface area contributed by atoms with Gasteiger partial charge in [-0.1, -0.05) is 20.8 Å². The van der Waals surface area contributed by atoms with Crippen molar-refractivity contribution in [2.75, 3.05) is 6.61 Å². The van der Waals surface area contributed by atoms with Crippen molar-refractivity contribution in [2.45, 2.75) is 148 Å². The van der Waals surface area contributed by atoms with Gasteiger partial charge in [-0.15, -0.1) is 0 Å². The Balaban J connectivity index is 2.02. The fourth-order valence-electron chi connectivity index (χ4n) is 8.78. The number of carbonyl (C=O) groups is 6. The quantitative estimate of drug-likeness (QED) is 0.103. The van der Waals surface area contributed by atoms with E-state index in [4.69, 9.17) is 40.7 Å². The molecule has 1 saturated heterocycles. The molecule has 4 aliphatic rings. The molecule has 14 nitrogen and oxygen atoms in total. The van der Waals surface area contributed by atoms with Crippen LogP contribution < -0.4 is 5.32 Å². The van der Waals surface area contributed by atoms with Crippen molar-refractivity contribution in [3.8, 4) is 0 Å². The minimum absolute atomic E-state index is 0.153. The van der Waals surface area contributed by atoms with E-state index in [1.54, 1.807) is 34.6 Å². The van der Waals surface area contributed by atoms with Gasteiger partial charge in [0, 0.05) is 44.8 Å². The third-order valence-corrected chi connectivity index (χ3v) is 12.8. The van der Waals surface area contributed by atoms with Gasteiger partial charge in [0.05, 0.1) is 24.0 Å². The summed E-state index contributed by atoms with van der Waals surface area (Å²) in [5, 5.41) is 15.2. The normalized spacial score (nSPS) is 36.8. The summed E-state index contributed by atoms with van der Waals surface area (Å²) in [5.41, 5.74) is -6.32. The molecule has 0 unspecified atom stereocenters. The number of rotatable bonds is 9. The summed E-state index contributed by atoms with van der Waals surface area (Å²) in [6.07, 6.45) is -6.63. The van der Waals surface area contributed by atoms with Crippen LogP contribution in [-0.4, -0.2) is 109 Å². The number of amides is 1. The summed E-state index contributed by atoms with van der Waals surface area (Å²) in [6.45, 7) is 18.4. The van der Waals surface area contributed by atoms with E-state index in [0.29, 0.717) is 5.57 Å². The Labute approximate surface area is 305 Å². The molecular formula is C35H53NO13SSi. The van der Waals surface area contributed by atoms with Crippen molar-refractivity contribution in [3.05, 3.63) is 11.1 Å². The second kappa shape index (κ2) is 13.9. The molecule has 0 radical (unpaired) electrons. The maximum absolute atomic E-state index is 15.2. The molecule has 0 aromatic carbocycles. The Morgan fingerprint density at radius 2 is 1.57 bits per heavy atom. The molecule has 0 aromatic rings. The first-order valence-electron chi connectivity index (χ1n) is 17.2. The average Bonchev–Trinajstić information content (AvgIpc) is 2.96. The molecule has 2 bridgehead atoms. The SMILES string of the molecule is CC(=O)N[C@@H](C)[C@@H](O[Si](C)(C)C)C(=O)O[C@H]1C[C@@]2(O)[C@@H](OC(C)=O)[C@@H]3[C@]4(OC(C)=O)CO[C@@H]4C[C@@H](S)[C@@]3(C)C(=O)[C@H](OC(C)=O)C(=C1C)C2(C)C. The third kappa shape index (κ3) is 7.02. The van der Waals surface area contributed by atoms with Crippen LogP contribution in [0.5, 0.6) is 0 Å². The van der Waals surface area contributed by atoms with E-state index in [9.17, 15) is 29.1 Å². The number of hydrogen-bond donors (Lipinski definition) is 3. The standard InChI is InChI=1S/C35H53NO13SSi/c1-16-22(47-31(42)26(49-51(10,11)12)17(2)36-18(3)37)14-35(43)30(46-20(5)39)28-33(9,24(50)13-23-34(28,15-44-23)48-21(6)40)29(41)27(45-19(4)38)25(16)32(35,7)8/h17,22-24,26-28,30,43,50H,13-15H2,1-12H3,(H,36,37)/t17-,22-,23+,24+,26+,27+,28-,30-,33+,34-,35+/m0/s1. The van der Waals surface area contributed by atoms with E-state index >= 15 is 4.79 Å². The molecule has 2 saturated carbocycles. The first-order valence-corrected chi connectivity index (χ1v) is 21.1. The van der Waals surface area contributed by atoms with E-state index in [-0.39, 0.29) is 25.0 Å². The van der Waals surface area contributed by atoms with Crippen molar-refractivity contribution in [1.29, 1.82) is 0 Å². The first-order chi connectivity index (χ1) is 23.2. The zero-order valence-electron chi connectivity index (χ0n) is 31.5. The smallest absolute Gasteiger partial charge is 0.336 e. The van der Waals surface area contributed by atoms with Gasteiger partial charge in [-0.05, 0) is 51.1 Å². The summed E-state index contributed by atoms with van der Waals surface area (Å²) >= 11 is 4.87. The van der Waals surface area contributed by atoms with Crippen molar-refractivity contribution in [3.63, 3.8) is 0 Å². The number of Topliss-reactive ketones (excluding diaryl/α,β-unsaturated/α-hetero) is 1. The van der Waals surface area contributed by atoms with Crippen LogP contribution in [0.2, 0.25) is 19.6 Å². The average molecular weight is 756 g/mol. The molecule has 1 heterocycles. The Kier molecular flexibility index (Phi) is 11.2. The van der Waals surface area contributed by atoms with E-state index < -0.39 is 114 Å². The van der Waals surface area contributed by atoms with E-state index in [2.05, 4.69) is 5.32 Å². The topological polar surface area (TPSA) is 190 Å². The van der Waals surface area contributed by atoms with Crippen molar-refractivity contribution in [1.82, 2.24) is 5.32 Å². The fourth-order valence-corrected chi connectivity index (χ4v) is 10.3. The highest BCUT2D eigenvalue weighted by atomic mass is 32.1. The summed E-state index contributed by atoms with van der Waals surface area (Å²) in [7, 11) is -2.42. The Morgan fingerprint density at radius 3 is 2.04 bits per heavy atom. The van der Waals surface area contributed by atoms with Crippen LogP contribution in [0.25, 0.3) is 0 Å². The molecule has 0 spiro atoms. The van der Waals surface area contributed by atoms with Crippen LogP contribution in [0.15, 0.2) is 11.1 Å². The highest BCUT2D eigenvalue weighted by Gasteiger charge is 2.78. The summed E-state index contributed by atoms with van der Waals surface area (Å²) in [4.78, 5) is 79.8. The zero-order chi connectivity index (χ0) is 38.8. The van der Waals surface area contributed by atoms with Crippen LogP contribution in [-0.2, 0) is 56.9 Å².